The van der Waals surface area contributed by atoms with Crippen molar-refractivity contribution < 1.29 is 8.42 Å². The van der Waals surface area contributed by atoms with Gasteiger partial charge >= 0.3 is 0 Å². The Morgan fingerprint density at radius 1 is 1.50 bits per heavy atom. The number of rotatable bonds is 6. The van der Waals surface area contributed by atoms with E-state index < -0.39 is 10.0 Å². The Labute approximate surface area is 150 Å². The first-order valence-corrected chi connectivity index (χ1v) is 10.2. The normalized spacial score (nSPS) is 17.8. The van der Waals surface area contributed by atoms with E-state index in [1.807, 2.05) is 0 Å². The van der Waals surface area contributed by atoms with Crippen LogP contribution in [0.3, 0.4) is 0 Å². The summed E-state index contributed by atoms with van der Waals surface area (Å²) in [7, 11) is -3.73. The molecule has 1 aromatic carbocycles. The first-order valence-electron chi connectivity index (χ1n) is 7.57. The van der Waals surface area contributed by atoms with Gasteiger partial charge in [0.15, 0.2) is 0 Å². The molecule has 3 rings (SSSR count). The number of hydrogen-bond donors (Lipinski definition) is 2. The third-order valence-electron chi connectivity index (χ3n) is 3.94. The van der Waals surface area contributed by atoms with Crippen molar-refractivity contribution in [2.75, 3.05) is 29.3 Å². The minimum Gasteiger partial charge on any atom is -0.366 e. The van der Waals surface area contributed by atoms with Crippen molar-refractivity contribution in [2.45, 2.75) is 24.3 Å². The number of aromatic nitrogens is 2. The highest BCUT2D eigenvalue weighted by Crippen LogP contribution is 2.31. The number of hydrogen-bond acceptors (Lipinski definition) is 7. The fourth-order valence-corrected chi connectivity index (χ4v) is 4.85. The van der Waals surface area contributed by atoms with Gasteiger partial charge < -0.3 is 10.2 Å². The summed E-state index contributed by atoms with van der Waals surface area (Å²) in [5.41, 5.74) is 0.850. The van der Waals surface area contributed by atoms with Crippen molar-refractivity contribution in [2.24, 2.45) is 0 Å². The Morgan fingerprint density at radius 2 is 2.33 bits per heavy atom. The van der Waals surface area contributed by atoms with Gasteiger partial charge in [-0.2, -0.15) is 4.37 Å². The van der Waals surface area contributed by atoms with Crippen molar-refractivity contribution in [3.05, 3.63) is 29.5 Å². The Bertz CT molecular complexity index is 792. The highest BCUT2D eigenvalue weighted by molar-refractivity contribution is 7.93. The molecule has 1 unspecified atom stereocenters. The van der Waals surface area contributed by atoms with Crippen LogP contribution >= 0.6 is 23.1 Å². The van der Waals surface area contributed by atoms with E-state index in [1.165, 1.54) is 12.4 Å². The fourth-order valence-electron chi connectivity index (χ4n) is 2.81. The number of nitrogens with zero attached hydrogens (tertiary/aromatic N) is 3. The predicted octanol–water partition coefficient (Wildman–Crippen LogP) is 2.18. The Kier molecular flexibility index (Phi) is 5.24. The first kappa shape index (κ1) is 17.4. The van der Waals surface area contributed by atoms with Crippen LogP contribution in [0.1, 0.15) is 13.3 Å². The van der Waals surface area contributed by atoms with E-state index in [0.29, 0.717) is 11.1 Å². The number of sulfonamides is 1. The van der Waals surface area contributed by atoms with Gasteiger partial charge in [-0.3, -0.25) is 4.72 Å². The molecule has 0 spiro atoms. The zero-order chi connectivity index (χ0) is 17.2. The van der Waals surface area contributed by atoms with Crippen molar-refractivity contribution in [1.82, 2.24) is 14.7 Å². The van der Waals surface area contributed by atoms with Gasteiger partial charge in [-0.1, -0.05) is 11.6 Å². The van der Waals surface area contributed by atoms with E-state index in [0.717, 1.165) is 43.3 Å². The lowest BCUT2D eigenvalue weighted by Gasteiger charge is -2.30. The molecule has 2 aromatic rings. The maximum absolute atomic E-state index is 12.4. The molecule has 0 saturated carbocycles. The number of likely N-dealkylation sites (N-methyl/N-ethyl adjacent to an activating group) is 1. The number of benzene rings is 1. The van der Waals surface area contributed by atoms with Crippen LogP contribution in [-0.4, -0.2) is 43.5 Å². The topological polar surface area (TPSA) is 87.2 Å². The first-order chi connectivity index (χ1) is 11.5. The summed E-state index contributed by atoms with van der Waals surface area (Å²) >= 11 is 7.37. The SMILES string of the molecule is CCN(c1ccc(S(=O)(=O)Nc2ncns2)cc1Cl)C1CCNC1. The maximum atomic E-state index is 12.4. The summed E-state index contributed by atoms with van der Waals surface area (Å²) in [5, 5.41) is 3.98. The molecule has 1 atom stereocenters. The zero-order valence-corrected chi connectivity index (χ0v) is 15.5. The van der Waals surface area contributed by atoms with Gasteiger partial charge in [0, 0.05) is 30.7 Å². The third kappa shape index (κ3) is 3.64. The molecule has 0 radical (unpaired) electrons. The summed E-state index contributed by atoms with van der Waals surface area (Å²) in [6.45, 7) is 4.76. The Morgan fingerprint density at radius 3 is 2.92 bits per heavy atom. The van der Waals surface area contributed by atoms with Crippen molar-refractivity contribution in [1.29, 1.82) is 0 Å². The smallest absolute Gasteiger partial charge is 0.263 e. The largest absolute Gasteiger partial charge is 0.366 e. The third-order valence-corrected chi connectivity index (χ3v) is 6.29. The summed E-state index contributed by atoms with van der Waals surface area (Å²) in [5.74, 6) is 0. The molecule has 0 amide bonds. The summed E-state index contributed by atoms with van der Waals surface area (Å²) in [4.78, 5) is 6.14. The molecule has 1 fully saturated rings. The second kappa shape index (κ2) is 7.22. The van der Waals surface area contributed by atoms with E-state index >= 15 is 0 Å². The molecule has 0 aliphatic carbocycles. The van der Waals surface area contributed by atoms with Gasteiger partial charge in [-0.05, 0) is 38.1 Å². The zero-order valence-electron chi connectivity index (χ0n) is 13.1. The molecule has 2 heterocycles. The predicted molar refractivity (Wildman–Crippen MR) is 96.5 cm³/mol. The van der Waals surface area contributed by atoms with Crippen LogP contribution in [0.4, 0.5) is 10.8 Å². The molecular formula is C14H18ClN5O2S2. The van der Waals surface area contributed by atoms with Gasteiger partial charge in [-0.15, -0.1) is 0 Å². The van der Waals surface area contributed by atoms with Crippen LogP contribution in [0.15, 0.2) is 29.4 Å². The quantitative estimate of drug-likeness (QED) is 0.789. The molecule has 10 heteroatoms. The molecule has 1 aliphatic heterocycles. The van der Waals surface area contributed by atoms with Crippen LogP contribution in [0.2, 0.25) is 5.02 Å². The van der Waals surface area contributed by atoms with E-state index in [9.17, 15) is 8.42 Å². The fraction of sp³-hybridized carbons (Fsp3) is 0.429. The van der Waals surface area contributed by atoms with Gasteiger partial charge in [-0.25, -0.2) is 13.4 Å². The van der Waals surface area contributed by atoms with Crippen LogP contribution in [0.5, 0.6) is 0 Å². The van der Waals surface area contributed by atoms with Crippen molar-refractivity contribution in [3.8, 4) is 0 Å². The summed E-state index contributed by atoms with van der Waals surface area (Å²) in [6, 6.07) is 5.18. The van der Waals surface area contributed by atoms with Gasteiger partial charge in [0.1, 0.15) is 6.33 Å². The molecule has 130 valence electrons. The lowest BCUT2D eigenvalue weighted by Crippen LogP contribution is -2.37. The standard InChI is InChI=1S/C14H18ClN5O2S2/c1-2-20(10-5-6-16-8-10)13-4-3-11(7-12(13)15)24(21,22)19-14-17-9-18-23-14/h3-4,7,9-10,16H,2,5-6,8H2,1H3,(H,17,18,19). The van der Waals surface area contributed by atoms with E-state index in [2.05, 4.69) is 31.2 Å². The molecule has 2 N–H and O–H groups in total. The van der Waals surface area contributed by atoms with Crippen LogP contribution in [-0.2, 0) is 10.0 Å². The highest BCUT2D eigenvalue weighted by Gasteiger charge is 2.24. The molecule has 7 nitrogen and oxygen atoms in total. The lowest BCUT2D eigenvalue weighted by atomic mass is 10.2. The van der Waals surface area contributed by atoms with E-state index in [1.54, 1.807) is 12.1 Å². The highest BCUT2D eigenvalue weighted by atomic mass is 35.5. The molecule has 24 heavy (non-hydrogen) atoms. The van der Waals surface area contributed by atoms with Crippen LogP contribution in [0, 0.1) is 0 Å². The number of nitrogens with one attached hydrogen (secondary N) is 2. The molecule has 1 aliphatic rings. The number of anilines is 2. The van der Waals surface area contributed by atoms with Gasteiger partial charge in [0.05, 0.1) is 15.6 Å². The van der Waals surface area contributed by atoms with Crippen molar-refractivity contribution >= 4 is 44.0 Å². The minimum absolute atomic E-state index is 0.104. The molecule has 1 aromatic heterocycles. The van der Waals surface area contributed by atoms with Crippen LogP contribution < -0.4 is 14.9 Å². The van der Waals surface area contributed by atoms with Gasteiger partial charge in [0.2, 0.25) is 5.13 Å². The summed E-state index contributed by atoms with van der Waals surface area (Å²) < 4.78 is 31.0. The van der Waals surface area contributed by atoms with E-state index in [4.69, 9.17) is 11.6 Å². The van der Waals surface area contributed by atoms with Crippen LogP contribution in [0.25, 0.3) is 0 Å². The summed E-state index contributed by atoms with van der Waals surface area (Å²) in [6.07, 6.45) is 2.34. The lowest BCUT2D eigenvalue weighted by molar-refractivity contribution is 0.601. The van der Waals surface area contributed by atoms with E-state index in [-0.39, 0.29) is 10.0 Å². The monoisotopic (exact) mass is 387 g/mol. The maximum Gasteiger partial charge on any atom is 0.263 e. The molecule has 0 bridgehead atoms. The Hall–Kier alpha value is -1.42. The van der Waals surface area contributed by atoms with Gasteiger partial charge in [0.25, 0.3) is 10.0 Å². The second-order valence-corrected chi connectivity index (χ2v) is 8.27. The molecule has 1 saturated heterocycles. The average Bonchev–Trinajstić information content (AvgIpc) is 3.23. The average molecular weight is 388 g/mol. The second-order valence-electron chi connectivity index (χ2n) is 5.40. The molecular weight excluding hydrogens is 370 g/mol. The van der Waals surface area contributed by atoms with Crippen molar-refractivity contribution in [3.63, 3.8) is 0 Å². The number of halogens is 1. The Balaban J connectivity index is 1.86. The minimum atomic E-state index is -3.73.